The monoisotopic (exact) mass is 184 g/mol. The topological polar surface area (TPSA) is 25.8 Å². The SMILES string of the molecule is Cc1cnccc1Cc1cccnc1. The molecular formula is C12H12N2. The first-order chi connectivity index (χ1) is 6.86. The van der Waals surface area contributed by atoms with Gasteiger partial charge in [0.2, 0.25) is 0 Å². The molecule has 70 valence electrons. The van der Waals surface area contributed by atoms with Crippen LogP contribution in [-0.4, -0.2) is 9.97 Å². The van der Waals surface area contributed by atoms with Crippen LogP contribution < -0.4 is 0 Å². The molecule has 0 aliphatic heterocycles. The van der Waals surface area contributed by atoms with Crippen molar-refractivity contribution >= 4 is 0 Å². The predicted octanol–water partition coefficient (Wildman–Crippen LogP) is 2.38. The number of hydrogen-bond donors (Lipinski definition) is 0. The Bertz CT molecular complexity index is 410. The second kappa shape index (κ2) is 4.01. The van der Waals surface area contributed by atoms with Gasteiger partial charge in [0.05, 0.1) is 0 Å². The summed E-state index contributed by atoms with van der Waals surface area (Å²) in [5.74, 6) is 0. The van der Waals surface area contributed by atoms with Gasteiger partial charge in [-0.1, -0.05) is 6.07 Å². The molecule has 0 aliphatic carbocycles. The first kappa shape index (κ1) is 8.88. The summed E-state index contributed by atoms with van der Waals surface area (Å²) in [4.78, 5) is 8.17. The van der Waals surface area contributed by atoms with Crippen LogP contribution in [0.4, 0.5) is 0 Å². The van der Waals surface area contributed by atoms with Crippen molar-refractivity contribution in [3.63, 3.8) is 0 Å². The molecule has 2 rings (SSSR count). The third kappa shape index (κ3) is 1.96. The fraction of sp³-hybridized carbons (Fsp3) is 0.167. The van der Waals surface area contributed by atoms with Crippen molar-refractivity contribution < 1.29 is 0 Å². The Balaban J connectivity index is 2.24. The Labute approximate surface area is 83.7 Å². The quantitative estimate of drug-likeness (QED) is 0.716. The molecule has 0 saturated heterocycles. The maximum Gasteiger partial charge on any atom is 0.0303 e. The van der Waals surface area contributed by atoms with Gasteiger partial charge in [-0.05, 0) is 42.2 Å². The average molecular weight is 184 g/mol. The Morgan fingerprint density at radius 1 is 1.07 bits per heavy atom. The average Bonchev–Trinajstić information content (AvgIpc) is 2.23. The Morgan fingerprint density at radius 3 is 2.64 bits per heavy atom. The largest absolute Gasteiger partial charge is 0.264 e. The Hall–Kier alpha value is -1.70. The highest BCUT2D eigenvalue weighted by atomic mass is 14.6. The summed E-state index contributed by atoms with van der Waals surface area (Å²) in [6.45, 7) is 2.08. The Morgan fingerprint density at radius 2 is 1.93 bits per heavy atom. The standard InChI is InChI=1S/C12H12N2/c1-10-8-14-6-4-12(10)7-11-3-2-5-13-9-11/h2-6,8-9H,7H2,1H3. The van der Waals surface area contributed by atoms with E-state index < -0.39 is 0 Å². The molecule has 14 heavy (non-hydrogen) atoms. The number of nitrogens with zero attached hydrogens (tertiary/aromatic N) is 2. The van der Waals surface area contributed by atoms with E-state index in [2.05, 4.69) is 29.0 Å². The van der Waals surface area contributed by atoms with E-state index >= 15 is 0 Å². The zero-order valence-electron chi connectivity index (χ0n) is 8.14. The summed E-state index contributed by atoms with van der Waals surface area (Å²) >= 11 is 0. The maximum absolute atomic E-state index is 4.09. The van der Waals surface area contributed by atoms with Gasteiger partial charge in [0.25, 0.3) is 0 Å². The minimum absolute atomic E-state index is 0.933. The molecule has 0 spiro atoms. The van der Waals surface area contributed by atoms with E-state index in [0.717, 1.165) is 6.42 Å². The molecule has 0 atom stereocenters. The van der Waals surface area contributed by atoms with Crippen LogP contribution in [0.25, 0.3) is 0 Å². The van der Waals surface area contributed by atoms with E-state index in [0.29, 0.717) is 0 Å². The molecule has 0 fully saturated rings. The van der Waals surface area contributed by atoms with Gasteiger partial charge in [-0.3, -0.25) is 9.97 Å². The zero-order valence-corrected chi connectivity index (χ0v) is 8.14. The fourth-order valence-corrected chi connectivity index (χ4v) is 1.42. The number of pyridine rings is 2. The first-order valence-electron chi connectivity index (χ1n) is 4.64. The molecule has 0 unspecified atom stereocenters. The van der Waals surface area contributed by atoms with Crippen LogP contribution in [0.3, 0.4) is 0 Å². The molecule has 0 amide bonds. The zero-order chi connectivity index (χ0) is 9.80. The normalized spacial score (nSPS) is 10.1. The van der Waals surface area contributed by atoms with Crippen molar-refractivity contribution in [2.24, 2.45) is 0 Å². The van der Waals surface area contributed by atoms with E-state index in [9.17, 15) is 0 Å². The highest BCUT2D eigenvalue weighted by molar-refractivity contribution is 5.28. The number of aryl methyl sites for hydroxylation is 1. The van der Waals surface area contributed by atoms with Crippen LogP contribution in [0, 0.1) is 6.92 Å². The molecule has 0 aromatic carbocycles. The van der Waals surface area contributed by atoms with Gasteiger partial charge in [-0.15, -0.1) is 0 Å². The lowest BCUT2D eigenvalue weighted by atomic mass is 10.0. The van der Waals surface area contributed by atoms with Crippen LogP contribution in [0.15, 0.2) is 43.0 Å². The molecular weight excluding hydrogens is 172 g/mol. The molecule has 0 N–H and O–H groups in total. The lowest BCUT2D eigenvalue weighted by Crippen LogP contribution is -1.92. The van der Waals surface area contributed by atoms with Crippen LogP contribution in [0.2, 0.25) is 0 Å². The van der Waals surface area contributed by atoms with Gasteiger partial charge in [-0.2, -0.15) is 0 Å². The number of rotatable bonds is 2. The molecule has 2 nitrogen and oxygen atoms in total. The second-order valence-corrected chi connectivity index (χ2v) is 3.34. The van der Waals surface area contributed by atoms with Gasteiger partial charge in [0.1, 0.15) is 0 Å². The molecule has 0 saturated carbocycles. The summed E-state index contributed by atoms with van der Waals surface area (Å²) in [5, 5.41) is 0. The van der Waals surface area contributed by atoms with Crippen molar-refractivity contribution in [2.75, 3.05) is 0 Å². The first-order valence-corrected chi connectivity index (χ1v) is 4.64. The van der Waals surface area contributed by atoms with Crippen molar-refractivity contribution in [1.29, 1.82) is 0 Å². The van der Waals surface area contributed by atoms with Gasteiger partial charge >= 0.3 is 0 Å². The predicted molar refractivity (Wildman–Crippen MR) is 56.0 cm³/mol. The van der Waals surface area contributed by atoms with Gasteiger partial charge in [0, 0.05) is 24.8 Å². The van der Waals surface area contributed by atoms with Crippen molar-refractivity contribution in [1.82, 2.24) is 9.97 Å². The van der Waals surface area contributed by atoms with Crippen molar-refractivity contribution in [2.45, 2.75) is 13.3 Å². The van der Waals surface area contributed by atoms with Crippen LogP contribution in [-0.2, 0) is 6.42 Å². The van der Waals surface area contributed by atoms with Gasteiger partial charge < -0.3 is 0 Å². The van der Waals surface area contributed by atoms with E-state index in [1.165, 1.54) is 16.7 Å². The minimum Gasteiger partial charge on any atom is -0.264 e. The summed E-state index contributed by atoms with van der Waals surface area (Å²) in [6.07, 6.45) is 8.36. The second-order valence-electron chi connectivity index (χ2n) is 3.34. The molecule has 0 radical (unpaired) electrons. The van der Waals surface area contributed by atoms with Gasteiger partial charge in [0.15, 0.2) is 0 Å². The molecule has 2 aromatic heterocycles. The molecule has 2 heterocycles. The van der Waals surface area contributed by atoms with E-state index in [1.54, 1.807) is 6.20 Å². The third-order valence-electron chi connectivity index (χ3n) is 2.25. The van der Waals surface area contributed by atoms with Crippen LogP contribution in [0.5, 0.6) is 0 Å². The lowest BCUT2D eigenvalue weighted by Gasteiger charge is -2.03. The molecule has 2 aromatic rings. The highest BCUT2D eigenvalue weighted by Gasteiger charge is 1.98. The minimum atomic E-state index is 0.933. The fourth-order valence-electron chi connectivity index (χ4n) is 1.42. The van der Waals surface area contributed by atoms with Crippen LogP contribution >= 0.6 is 0 Å². The van der Waals surface area contributed by atoms with E-state index in [4.69, 9.17) is 0 Å². The number of aromatic nitrogens is 2. The maximum atomic E-state index is 4.09. The van der Waals surface area contributed by atoms with Crippen LogP contribution in [0.1, 0.15) is 16.7 Å². The lowest BCUT2D eigenvalue weighted by molar-refractivity contribution is 1.10. The molecule has 0 bridgehead atoms. The Kier molecular flexibility index (Phi) is 2.54. The van der Waals surface area contributed by atoms with Crippen molar-refractivity contribution in [3.8, 4) is 0 Å². The number of hydrogen-bond acceptors (Lipinski definition) is 2. The summed E-state index contributed by atoms with van der Waals surface area (Å²) in [5.41, 5.74) is 3.78. The third-order valence-corrected chi connectivity index (χ3v) is 2.25. The summed E-state index contributed by atoms with van der Waals surface area (Å²) < 4.78 is 0. The van der Waals surface area contributed by atoms with E-state index in [-0.39, 0.29) is 0 Å². The summed E-state index contributed by atoms with van der Waals surface area (Å²) in [7, 11) is 0. The van der Waals surface area contributed by atoms with E-state index in [1.807, 2.05) is 24.7 Å². The van der Waals surface area contributed by atoms with Gasteiger partial charge in [-0.25, -0.2) is 0 Å². The smallest absolute Gasteiger partial charge is 0.0303 e. The summed E-state index contributed by atoms with van der Waals surface area (Å²) in [6, 6.07) is 6.11. The molecule has 2 heteroatoms. The van der Waals surface area contributed by atoms with Crippen molar-refractivity contribution in [3.05, 3.63) is 59.7 Å². The highest BCUT2D eigenvalue weighted by Crippen LogP contribution is 2.10. The molecule has 0 aliphatic rings.